The molecule has 0 heteroatoms. The molecule has 0 amide bonds. The van der Waals surface area contributed by atoms with Crippen molar-refractivity contribution in [3.8, 4) is 11.1 Å². The van der Waals surface area contributed by atoms with E-state index in [2.05, 4.69) is 81.4 Å². The Morgan fingerprint density at radius 2 is 0.808 bits per heavy atom. The molecule has 0 atom stereocenters. The molecule has 136 valence electrons. The molecule has 0 saturated carbocycles. The zero-order chi connectivity index (χ0) is 19.5. The topological polar surface area (TPSA) is 0 Å². The molecular formula is C26H32. The highest BCUT2D eigenvalue weighted by atomic mass is 14.2. The van der Waals surface area contributed by atoms with Crippen LogP contribution in [0.1, 0.15) is 55.6 Å². The van der Waals surface area contributed by atoms with Crippen molar-refractivity contribution in [1.29, 1.82) is 0 Å². The first-order valence-corrected chi connectivity index (χ1v) is 9.65. The van der Waals surface area contributed by atoms with Crippen molar-refractivity contribution in [2.45, 2.75) is 69.2 Å². The standard InChI is InChI=1S/C26H32/c1-13-11-23(18(6)15(3)14(13)2)24-12-25-19(7)16(4)17(5)21(9)26(25)22(10)20(24)8/h11-12H,1-10H3. The van der Waals surface area contributed by atoms with Crippen LogP contribution in [0.15, 0.2) is 12.1 Å². The van der Waals surface area contributed by atoms with Crippen molar-refractivity contribution in [2.75, 3.05) is 0 Å². The summed E-state index contributed by atoms with van der Waals surface area (Å²) in [6.45, 7) is 22.7. The van der Waals surface area contributed by atoms with E-state index in [-0.39, 0.29) is 0 Å². The number of benzene rings is 3. The van der Waals surface area contributed by atoms with Gasteiger partial charge in [-0.05, 0) is 153 Å². The zero-order valence-electron chi connectivity index (χ0n) is 18.2. The maximum atomic E-state index is 2.45. The van der Waals surface area contributed by atoms with Crippen molar-refractivity contribution in [2.24, 2.45) is 0 Å². The second-order valence-corrected chi connectivity index (χ2v) is 8.21. The third-order valence-electron chi connectivity index (χ3n) is 7.14. The molecule has 0 N–H and O–H groups in total. The lowest BCUT2D eigenvalue weighted by atomic mass is 9.83. The predicted octanol–water partition coefficient (Wildman–Crippen LogP) is 7.59. The summed E-state index contributed by atoms with van der Waals surface area (Å²) < 4.78 is 0. The van der Waals surface area contributed by atoms with Gasteiger partial charge in [0, 0.05) is 0 Å². The minimum Gasteiger partial charge on any atom is -0.0509 e. The maximum Gasteiger partial charge on any atom is -0.0117 e. The summed E-state index contributed by atoms with van der Waals surface area (Å²) >= 11 is 0. The largest absolute Gasteiger partial charge is 0.0509 e. The van der Waals surface area contributed by atoms with Gasteiger partial charge in [-0.2, -0.15) is 0 Å². The third-order valence-corrected chi connectivity index (χ3v) is 7.14. The number of hydrogen-bond donors (Lipinski definition) is 0. The van der Waals surface area contributed by atoms with Gasteiger partial charge in [-0.1, -0.05) is 6.07 Å². The van der Waals surface area contributed by atoms with Gasteiger partial charge in [0.05, 0.1) is 0 Å². The van der Waals surface area contributed by atoms with Crippen LogP contribution in [0.4, 0.5) is 0 Å². The summed E-state index contributed by atoms with van der Waals surface area (Å²) in [4.78, 5) is 0. The Bertz CT molecular complexity index is 1060. The maximum absolute atomic E-state index is 2.45. The van der Waals surface area contributed by atoms with Crippen LogP contribution in [0, 0.1) is 69.2 Å². The van der Waals surface area contributed by atoms with Gasteiger partial charge in [-0.25, -0.2) is 0 Å². The van der Waals surface area contributed by atoms with E-state index >= 15 is 0 Å². The number of fused-ring (bicyclic) bond motifs is 1. The summed E-state index contributed by atoms with van der Waals surface area (Å²) in [5.41, 5.74) is 17.0. The smallest absolute Gasteiger partial charge is 0.0117 e. The second kappa shape index (κ2) is 6.27. The number of aryl methyl sites for hydroxylation is 4. The molecule has 26 heavy (non-hydrogen) atoms. The predicted molar refractivity (Wildman–Crippen MR) is 117 cm³/mol. The highest BCUT2D eigenvalue weighted by Gasteiger charge is 2.17. The first kappa shape index (κ1) is 18.7. The Labute approximate surface area is 159 Å². The summed E-state index contributed by atoms with van der Waals surface area (Å²) in [5, 5.41) is 2.86. The lowest BCUT2D eigenvalue weighted by Gasteiger charge is -2.22. The fourth-order valence-corrected chi connectivity index (χ4v) is 4.42. The Morgan fingerprint density at radius 3 is 1.42 bits per heavy atom. The Morgan fingerprint density at radius 1 is 0.385 bits per heavy atom. The number of rotatable bonds is 1. The van der Waals surface area contributed by atoms with Gasteiger partial charge < -0.3 is 0 Å². The molecule has 3 aromatic rings. The van der Waals surface area contributed by atoms with Crippen molar-refractivity contribution < 1.29 is 0 Å². The quantitative estimate of drug-likeness (QED) is 0.426. The lowest BCUT2D eigenvalue weighted by molar-refractivity contribution is 1.21. The average Bonchev–Trinajstić information content (AvgIpc) is 2.61. The molecule has 0 aliphatic carbocycles. The summed E-state index contributed by atoms with van der Waals surface area (Å²) in [6.07, 6.45) is 0. The first-order valence-electron chi connectivity index (χ1n) is 9.65. The van der Waals surface area contributed by atoms with E-state index in [1.165, 1.54) is 77.5 Å². The van der Waals surface area contributed by atoms with E-state index in [0.717, 1.165) is 0 Å². The fourth-order valence-electron chi connectivity index (χ4n) is 4.42. The van der Waals surface area contributed by atoms with Crippen LogP contribution in [-0.2, 0) is 0 Å². The minimum atomic E-state index is 1.38. The zero-order valence-corrected chi connectivity index (χ0v) is 18.2. The highest BCUT2D eigenvalue weighted by molar-refractivity contribution is 5.98. The summed E-state index contributed by atoms with van der Waals surface area (Å²) in [7, 11) is 0. The summed E-state index contributed by atoms with van der Waals surface area (Å²) in [5.74, 6) is 0. The van der Waals surface area contributed by atoms with Crippen LogP contribution in [0.5, 0.6) is 0 Å². The van der Waals surface area contributed by atoms with Crippen LogP contribution in [0.2, 0.25) is 0 Å². The van der Waals surface area contributed by atoms with Crippen LogP contribution in [0.25, 0.3) is 21.9 Å². The average molecular weight is 345 g/mol. The molecule has 0 unspecified atom stereocenters. The van der Waals surface area contributed by atoms with Gasteiger partial charge in [0.2, 0.25) is 0 Å². The van der Waals surface area contributed by atoms with Crippen molar-refractivity contribution in [1.82, 2.24) is 0 Å². The van der Waals surface area contributed by atoms with E-state index in [9.17, 15) is 0 Å². The van der Waals surface area contributed by atoms with Crippen LogP contribution in [0.3, 0.4) is 0 Å². The molecule has 0 spiro atoms. The molecule has 0 radical (unpaired) electrons. The Balaban J connectivity index is 2.50. The SMILES string of the molecule is Cc1cc(-c2cc3c(C)c(C)c(C)c(C)c3c(C)c2C)c(C)c(C)c1C. The number of hydrogen-bond acceptors (Lipinski definition) is 0. The second-order valence-electron chi connectivity index (χ2n) is 8.21. The van der Waals surface area contributed by atoms with Gasteiger partial charge in [0.1, 0.15) is 0 Å². The van der Waals surface area contributed by atoms with Crippen molar-refractivity contribution in [3.63, 3.8) is 0 Å². The fraction of sp³-hybridized carbons (Fsp3) is 0.385. The highest BCUT2D eigenvalue weighted by Crippen LogP contribution is 2.39. The molecule has 0 aliphatic rings. The van der Waals surface area contributed by atoms with Gasteiger partial charge in [0.15, 0.2) is 0 Å². The van der Waals surface area contributed by atoms with Gasteiger partial charge in [-0.15, -0.1) is 0 Å². The molecule has 0 bridgehead atoms. The third kappa shape index (κ3) is 2.50. The molecule has 0 nitrogen and oxygen atoms in total. The van der Waals surface area contributed by atoms with Crippen LogP contribution < -0.4 is 0 Å². The Kier molecular flexibility index (Phi) is 4.51. The van der Waals surface area contributed by atoms with Crippen molar-refractivity contribution >= 4 is 10.8 Å². The molecule has 0 aromatic heterocycles. The molecule has 0 saturated heterocycles. The normalized spacial score (nSPS) is 11.5. The van der Waals surface area contributed by atoms with E-state index in [1.54, 1.807) is 0 Å². The van der Waals surface area contributed by atoms with E-state index in [4.69, 9.17) is 0 Å². The van der Waals surface area contributed by atoms with Gasteiger partial charge in [-0.3, -0.25) is 0 Å². The Hall–Kier alpha value is -2.08. The van der Waals surface area contributed by atoms with Crippen LogP contribution in [-0.4, -0.2) is 0 Å². The van der Waals surface area contributed by atoms with E-state index in [1.807, 2.05) is 0 Å². The van der Waals surface area contributed by atoms with Crippen molar-refractivity contribution in [3.05, 3.63) is 67.8 Å². The van der Waals surface area contributed by atoms with Crippen LogP contribution >= 0.6 is 0 Å². The molecule has 0 aliphatic heterocycles. The molecular weight excluding hydrogens is 312 g/mol. The molecule has 0 heterocycles. The summed E-state index contributed by atoms with van der Waals surface area (Å²) in [6, 6.07) is 4.83. The molecule has 3 rings (SSSR count). The van der Waals surface area contributed by atoms with Gasteiger partial charge >= 0.3 is 0 Å². The van der Waals surface area contributed by atoms with E-state index in [0.29, 0.717) is 0 Å². The van der Waals surface area contributed by atoms with E-state index < -0.39 is 0 Å². The monoisotopic (exact) mass is 344 g/mol. The lowest BCUT2D eigenvalue weighted by Crippen LogP contribution is -2.01. The minimum absolute atomic E-state index is 1.38. The molecule has 0 fully saturated rings. The van der Waals surface area contributed by atoms with Gasteiger partial charge in [0.25, 0.3) is 0 Å². The molecule has 3 aromatic carbocycles. The first-order chi connectivity index (χ1) is 12.1.